The molecule has 0 aromatic heterocycles. The molecule has 0 bridgehead atoms. The number of ether oxygens (including phenoxy) is 1. The van der Waals surface area contributed by atoms with E-state index in [1.165, 1.54) is 6.26 Å². The van der Waals surface area contributed by atoms with E-state index in [4.69, 9.17) is 16.3 Å². The van der Waals surface area contributed by atoms with Crippen LogP contribution in [0.2, 0.25) is 5.02 Å². The molecule has 0 saturated carbocycles. The molecule has 1 fully saturated rings. The number of hydrogen-bond donors (Lipinski definition) is 1. The fourth-order valence-electron chi connectivity index (χ4n) is 2.58. The molecule has 5 nitrogen and oxygen atoms in total. The average Bonchev–Trinajstić information content (AvgIpc) is 2.45. The van der Waals surface area contributed by atoms with Crippen molar-refractivity contribution in [1.82, 2.24) is 9.62 Å². The van der Waals surface area contributed by atoms with Crippen LogP contribution in [0.3, 0.4) is 0 Å². The molecule has 7 heteroatoms. The normalized spacial score (nSPS) is 23.6. The van der Waals surface area contributed by atoms with E-state index in [0.717, 1.165) is 30.1 Å². The van der Waals surface area contributed by atoms with Gasteiger partial charge >= 0.3 is 0 Å². The molecule has 1 aromatic carbocycles. The Kier molecular flexibility index (Phi) is 6.23. The quantitative estimate of drug-likeness (QED) is 0.801. The number of rotatable bonds is 6. The monoisotopic (exact) mass is 346 g/mol. The van der Waals surface area contributed by atoms with E-state index in [2.05, 4.69) is 16.5 Å². The van der Waals surface area contributed by atoms with Crippen LogP contribution in [0.15, 0.2) is 24.3 Å². The molecule has 1 N–H and O–H groups in total. The van der Waals surface area contributed by atoms with Crippen molar-refractivity contribution in [2.75, 3.05) is 32.5 Å². The van der Waals surface area contributed by atoms with E-state index in [9.17, 15) is 8.42 Å². The van der Waals surface area contributed by atoms with Gasteiger partial charge in [0, 0.05) is 29.7 Å². The summed E-state index contributed by atoms with van der Waals surface area (Å²) in [6.45, 7) is 4.82. The van der Waals surface area contributed by atoms with Gasteiger partial charge in [0.1, 0.15) is 0 Å². The summed E-state index contributed by atoms with van der Waals surface area (Å²) in [5.74, 6) is 0. The van der Waals surface area contributed by atoms with Gasteiger partial charge in [-0.2, -0.15) is 0 Å². The second kappa shape index (κ2) is 7.75. The summed E-state index contributed by atoms with van der Waals surface area (Å²) in [7, 11) is -3.11. The Balaban J connectivity index is 1.90. The Morgan fingerprint density at radius 1 is 1.41 bits per heavy atom. The summed E-state index contributed by atoms with van der Waals surface area (Å²) in [6, 6.07) is 8.05. The van der Waals surface area contributed by atoms with Gasteiger partial charge in [0.05, 0.1) is 19.0 Å². The predicted octanol–water partition coefficient (Wildman–Crippen LogP) is 2.04. The van der Waals surface area contributed by atoms with Crippen LogP contribution in [-0.4, -0.2) is 51.9 Å². The highest BCUT2D eigenvalue weighted by molar-refractivity contribution is 7.88. The van der Waals surface area contributed by atoms with E-state index in [1.807, 2.05) is 24.3 Å². The molecule has 2 unspecified atom stereocenters. The van der Waals surface area contributed by atoms with Gasteiger partial charge in [-0.15, -0.1) is 0 Å². The molecular weight excluding hydrogens is 324 g/mol. The van der Waals surface area contributed by atoms with Crippen molar-refractivity contribution in [3.63, 3.8) is 0 Å². The molecule has 1 aliphatic rings. The Morgan fingerprint density at radius 3 is 2.82 bits per heavy atom. The largest absolute Gasteiger partial charge is 0.371 e. The third-order valence-corrected chi connectivity index (χ3v) is 4.87. The van der Waals surface area contributed by atoms with Gasteiger partial charge in [-0.25, -0.2) is 13.1 Å². The molecular formula is C15H23ClN2O3S. The van der Waals surface area contributed by atoms with Crippen molar-refractivity contribution in [1.29, 1.82) is 0 Å². The van der Waals surface area contributed by atoms with Gasteiger partial charge in [0.15, 0.2) is 0 Å². The summed E-state index contributed by atoms with van der Waals surface area (Å²) < 4.78 is 30.6. The first-order valence-electron chi connectivity index (χ1n) is 7.41. The maximum atomic E-state index is 11.1. The molecule has 0 radical (unpaired) electrons. The number of sulfonamides is 1. The molecule has 1 heterocycles. The minimum atomic E-state index is -3.11. The van der Waals surface area contributed by atoms with Crippen LogP contribution in [0.1, 0.15) is 25.0 Å². The highest BCUT2D eigenvalue weighted by atomic mass is 35.5. The summed E-state index contributed by atoms with van der Waals surface area (Å²) in [5, 5.41) is 0.723. The molecule has 124 valence electrons. The molecule has 22 heavy (non-hydrogen) atoms. The second-order valence-corrected chi connectivity index (χ2v) is 7.95. The predicted molar refractivity (Wildman–Crippen MR) is 88.6 cm³/mol. The maximum absolute atomic E-state index is 11.1. The molecule has 2 rings (SSSR count). The van der Waals surface area contributed by atoms with Crippen LogP contribution in [0.25, 0.3) is 0 Å². The fraction of sp³-hybridized carbons (Fsp3) is 0.600. The van der Waals surface area contributed by atoms with Crippen molar-refractivity contribution in [3.05, 3.63) is 34.9 Å². The Bertz CT molecular complexity index is 594. The van der Waals surface area contributed by atoms with E-state index in [1.54, 1.807) is 0 Å². The minimum absolute atomic E-state index is 0.0345. The van der Waals surface area contributed by atoms with Crippen LogP contribution in [0.4, 0.5) is 0 Å². The van der Waals surface area contributed by atoms with Crippen molar-refractivity contribution in [2.45, 2.75) is 25.5 Å². The topological polar surface area (TPSA) is 58.6 Å². The summed E-state index contributed by atoms with van der Waals surface area (Å²) >= 11 is 6.24. The molecule has 0 amide bonds. The van der Waals surface area contributed by atoms with Gasteiger partial charge in [-0.1, -0.05) is 29.8 Å². The van der Waals surface area contributed by atoms with Crippen molar-refractivity contribution in [2.24, 2.45) is 0 Å². The lowest BCUT2D eigenvalue weighted by atomic mass is 10.1. The summed E-state index contributed by atoms with van der Waals surface area (Å²) in [5.41, 5.74) is 1.01. The van der Waals surface area contributed by atoms with Crippen LogP contribution in [0, 0.1) is 0 Å². The van der Waals surface area contributed by atoms with Gasteiger partial charge in [-0.05, 0) is 26.0 Å². The number of morpholine rings is 1. The van der Waals surface area contributed by atoms with Gasteiger partial charge < -0.3 is 4.74 Å². The van der Waals surface area contributed by atoms with Crippen molar-refractivity contribution in [3.8, 4) is 0 Å². The number of nitrogens with one attached hydrogen (secondary N) is 1. The van der Waals surface area contributed by atoms with E-state index >= 15 is 0 Å². The van der Waals surface area contributed by atoms with Crippen LogP contribution < -0.4 is 4.72 Å². The number of nitrogens with zero attached hydrogens (tertiary/aromatic N) is 1. The summed E-state index contributed by atoms with van der Waals surface area (Å²) in [6.07, 6.45) is 1.91. The number of halogens is 1. The third kappa shape index (κ3) is 5.21. The van der Waals surface area contributed by atoms with Gasteiger partial charge in [0.25, 0.3) is 0 Å². The van der Waals surface area contributed by atoms with E-state index < -0.39 is 10.0 Å². The highest BCUT2D eigenvalue weighted by Crippen LogP contribution is 2.29. The first-order chi connectivity index (χ1) is 10.4. The molecule has 0 aliphatic carbocycles. The lowest BCUT2D eigenvalue weighted by Gasteiger charge is -2.38. The SMILES string of the molecule is CC1COC(c2ccccc2Cl)CN1CCCNS(C)(=O)=O. The standard InChI is InChI=1S/C15H23ClN2O3S/c1-12-11-21-15(13-6-3-4-7-14(13)16)10-18(12)9-5-8-17-22(2,19)20/h3-4,6-7,12,15,17H,5,8-11H2,1-2H3. The van der Waals surface area contributed by atoms with E-state index in [-0.39, 0.29) is 6.10 Å². The Hall–Kier alpha value is -0.660. The maximum Gasteiger partial charge on any atom is 0.208 e. The third-order valence-electron chi connectivity index (χ3n) is 3.80. The minimum Gasteiger partial charge on any atom is -0.371 e. The zero-order valence-corrected chi connectivity index (χ0v) is 14.5. The Morgan fingerprint density at radius 2 is 2.14 bits per heavy atom. The van der Waals surface area contributed by atoms with Crippen molar-refractivity contribution >= 4 is 21.6 Å². The summed E-state index contributed by atoms with van der Waals surface area (Å²) in [4.78, 5) is 2.32. The first kappa shape index (κ1) is 17.7. The second-order valence-electron chi connectivity index (χ2n) is 5.71. The molecule has 1 aliphatic heterocycles. The lowest BCUT2D eigenvalue weighted by molar-refractivity contribution is -0.0600. The number of benzene rings is 1. The van der Waals surface area contributed by atoms with Crippen LogP contribution in [-0.2, 0) is 14.8 Å². The Labute approximate surface area is 137 Å². The zero-order valence-electron chi connectivity index (χ0n) is 13.0. The fourth-order valence-corrected chi connectivity index (χ4v) is 3.35. The highest BCUT2D eigenvalue weighted by Gasteiger charge is 2.27. The van der Waals surface area contributed by atoms with Crippen LogP contribution >= 0.6 is 11.6 Å². The zero-order chi connectivity index (χ0) is 16.2. The lowest BCUT2D eigenvalue weighted by Crippen LogP contribution is -2.46. The molecule has 1 saturated heterocycles. The van der Waals surface area contributed by atoms with Crippen molar-refractivity contribution < 1.29 is 13.2 Å². The molecule has 2 atom stereocenters. The molecule has 1 aromatic rings. The van der Waals surface area contributed by atoms with E-state index in [0.29, 0.717) is 19.2 Å². The average molecular weight is 347 g/mol. The van der Waals surface area contributed by atoms with Gasteiger partial charge in [-0.3, -0.25) is 4.90 Å². The first-order valence-corrected chi connectivity index (χ1v) is 9.68. The smallest absolute Gasteiger partial charge is 0.208 e. The van der Waals surface area contributed by atoms with Crippen LogP contribution in [0.5, 0.6) is 0 Å². The number of hydrogen-bond acceptors (Lipinski definition) is 4. The van der Waals surface area contributed by atoms with Gasteiger partial charge in [0.2, 0.25) is 10.0 Å². The molecule has 0 spiro atoms.